The van der Waals surface area contributed by atoms with Crippen LogP contribution in [0.2, 0.25) is 0 Å². The van der Waals surface area contributed by atoms with Gasteiger partial charge in [0.1, 0.15) is 0 Å². The Labute approximate surface area is 117 Å². The smallest absolute Gasteiger partial charge is 0.261 e. The first-order chi connectivity index (χ1) is 8.20. The minimum absolute atomic E-state index is 0.0502. The summed E-state index contributed by atoms with van der Waals surface area (Å²) in [6, 6.07) is 4.04. The molecule has 1 amide bonds. The van der Waals surface area contributed by atoms with Crippen molar-refractivity contribution in [1.82, 2.24) is 5.32 Å². The lowest BCUT2D eigenvalue weighted by atomic mass is 10.2. The largest absolute Gasteiger partial charge is 0.351 e. The summed E-state index contributed by atoms with van der Waals surface area (Å²) in [6.45, 7) is 2.86. The van der Waals surface area contributed by atoms with Crippen LogP contribution < -0.4 is 5.32 Å². The maximum Gasteiger partial charge on any atom is 0.261 e. The third-order valence-electron chi connectivity index (χ3n) is 2.55. The molecule has 1 N–H and O–H groups in total. The summed E-state index contributed by atoms with van der Waals surface area (Å²) in [7, 11) is 0. The quantitative estimate of drug-likeness (QED) is 0.815. The fourth-order valence-corrected chi connectivity index (χ4v) is 3.77. The van der Waals surface area contributed by atoms with Crippen molar-refractivity contribution in [1.29, 1.82) is 0 Å². The molecule has 0 fully saturated rings. The Bertz CT molecular complexity index is 477. The number of nitrogens with one attached hydrogen (secondary N) is 1. The van der Waals surface area contributed by atoms with Gasteiger partial charge in [-0.3, -0.25) is 4.79 Å². The minimum atomic E-state index is 0.0502. The molecule has 2 nitrogen and oxygen atoms in total. The molecule has 92 valence electrons. The number of hydrogen-bond acceptors (Lipinski definition) is 3. The topological polar surface area (TPSA) is 29.1 Å². The van der Waals surface area contributed by atoms with Gasteiger partial charge in [-0.05, 0) is 30.4 Å². The number of fused-ring (bicyclic) bond motifs is 1. The lowest BCUT2D eigenvalue weighted by Gasteiger charge is -2.07. The minimum Gasteiger partial charge on any atom is -0.351 e. The number of hydrogen-bond donors (Lipinski definition) is 1. The highest BCUT2D eigenvalue weighted by Crippen LogP contribution is 2.29. The van der Waals surface area contributed by atoms with E-state index in [9.17, 15) is 4.79 Å². The van der Waals surface area contributed by atoms with E-state index >= 15 is 0 Å². The molecule has 0 radical (unpaired) electrons. The summed E-state index contributed by atoms with van der Waals surface area (Å²) in [5.41, 5.74) is 0. The lowest BCUT2D eigenvalue weighted by Crippen LogP contribution is -2.25. The second kappa shape index (κ2) is 5.98. The van der Waals surface area contributed by atoms with Gasteiger partial charge in [0.2, 0.25) is 0 Å². The van der Waals surface area contributed by atoms with Gasteiger partial charge in [-0.2, -0.15) is 0 Å². The molecule has 17 heavy (non-hydrogen) atoms. The number of rotatable bonds is 5. The van der Waals surface area contributed by atoms with Crippen LogP contribution in [-0.2, 0) is 0 Å². The molecule has 1 unspecified atom stereocenters. The molecule has 2 heterocycles. The van der Waals surface area contributed by atoms with E-state index in [2.05, 4.69) is 39.6 Å². The molecule has 0 aromatic carbocycles. The predicted molar refractivity (Wildman–Crippen MR) is 79.7 cm³/mol. The highest BCUT2D eigenvalue weighted by Gasteiger charge is 2.10. The number of carbonyl (C=O) groups is 1. The van der Waals surface area contributed by atoms with Gasteiger partial charge in [0, 0.05) is 20.8 Å². The van der Waals surface area contributed by atoms with Crippen LogP contribution in [0.3, 0.4) is 0 Å². The zero-order valence-electron chi connectivity index (χ0n) is 9.53. The Hall–Kier alpha value is -0.390. The van der Waals surface area contributed by atoms with Gasteiger partial charge in [0.25, 0.3) is 5.91 Å². The van der Waals surface area contributed by atoms with E-state index in [1.54, 1.807) is 22.7 Å². The first-order valence-electron chi connectivity index (χ1n) is 5.60. The Morgan fingerprint density at radius 1 is 1.53 bits per heavy atom. The molecule has 2 aromatic heterocycles. The summed E-state index contributed by atoms with van der Waals surface area (Å²) in [6.07, 6.45) is 2.06. The van der Waals surface area contributed by atoms with Crippen LogP contribution in [0.25, 0.3) is 9.40 Å². The fourth-order valence-electron chi connectivity index (χ4n) is 1.51. The molecule has 0 aliphatic rings. The van der Waals surface area contributed by atoms with E-state index in [0.717, 1.165) is 24.3 Å². The van der Waals surface area contributed by atoms with Crippen molar-refractivity contribution in [3.63, 3.8) is 0 Å². The monoisotopic (exact) mass is 331 g/mol. The molecule has 0 spiro atoms. The Kier molecular flexibility index (Phi) is 4.59. The molecule has 0 saturated heterocycles. The van der Waals surface area contributed by atoms with Gasteiger partial charge < -0.3 is 5.32 Å². The van der Waals surface area contributed by atoms with Crippen LogP contribution in [0.1, 0.15) is 29.4 Å². The van der Waals surface area contributed by atoms with Crippen LogP contribution in [0.4, 0.5) is 0 Å². The molecule has 5 heteroatoms. The van der Waals surface area contributed by atoms with Crippen molar-refractivity contribution in [2.45, 2.75) is 24.6 Å². The fraction of sp³-hybridized carbons (Fsp3) is 0.417. The van der Waals surface area contributed by atoms with Crippen molar-refractivity contribution in [3.8, 4) is 0 Å². The van der Waals surface area contributed by atoms with Gasteiger partial charge in [0.05, 0.1) is 4.88 Å². The van der Waals surface area contributed by atoms with Gasteiger partial charge in [-0.1, -0.05) is 22.9 Å². The van der Waals surface area contributed by atoms with Crippen molar-refractivity contribution in [3.05, 3.63) is 22.4 Å². The summed E-state index contributed by atoms with van der Waals surface area (Å²) < 4.78 is 2.40. The predicted octanol–water partition coefficient (Wildman–Crippen LogP) is 4.26. The van der Waals surface area contributed by atoms with E-state index in [-0.39, 0.29) is 5.91 Å². The number of alkyl halides is 1. The van der Waals surface area contributed by atoms with Crippen LogP contribution in [0.15, 0.2) is 17.5 Å². The Balaban J connectivity index is 1.90. The third-order valence-corrected chi connectivity index (χ3v) is 5.75. The second-order valence-corrected chi connectivity index (χ2v) is 7.14. The zero-order valence-corrected chi connectivity index (χ0v) is 12.8. The average Bonchev–Trinajstić information content (AvgIpc) is 2.88. The van der Waals surface area contributed by atoms with Crippen molar-refractivity contribution < 1.29 is 4.79 Å². The van der Waals surface area contributed by atoms with E-state index in [1.165, 1.54) is 9.40 Å². The van der Waals surface area contributed by atoms with Gasteiger partial charge in [-0.15, -0.1) is 22.7 Å². The number of halogens is 1. The molecular weight excluding hydrogens is 318 g/mol. The first-order valence-corrected chi connectivity index (χ1v) is 8.21. The van der Waals surface area contributed by atoms with Crippen molar-refractivity contribution in [2.24, 2.45) is 0 Å². The number of carbonyl (C=O) groups excluding carboxylic acids is 1. The van der Waals surface area contributed by atoms with E-state index < -0.39 is 0 Å². The van der Waals surface area contributed by atoms with Gasteiger partial charge >= 0.3 is 0 Å². The zero-order chi connectivity index (χ0) is 12.3. The number of amides is 1. The third kappa shape index (κ3) is 3.30. The van der Waals surface area contributed by atoms with Gasteiger partial charge in [0.15, 0.2) is 0 Å². The highest BCUT2D eigenvalue weighted by molar-refractivity contribution is 9.09. The normalized spacial score (nSPS) is 12.8. The van der Waals surface area contributed by atoms with Crippen molar-refractivity contribution >= 4 is 53.9 Å². The molecule has 0 aliphatic carbocycles. The molecule has 1 atom stereocenters. The molecule has 2 aromatic rings. The number of thiophene rings is 2. The maximum atomic E-state index is 11.9. The Morgan fingerprint density at radius 2 is 2.35 bits per heavy atom. The standard InChI is InChI=1S/C12H14BrNOS2/c1-2-8(13)3-5-14-12(15)11-7-10-9(17-11)4-6-16-10/h4,6-8H,2-3,5H2,1H3,(H,14,15). The maximum absolute atomic E-state index is 11.9. The van der Waals surface area contributed by atoms with Crippen LogP contribution in [-0.4, -0.2) is 17.3 Å². The summed E-state index contributed by atoms with van der Waals surface area (Å²) >= 11 is 6.80. The van der Waals surface area contributed by atoms with E-state index in [0.29, 0.717) is 4.83 Å². The Morgan fingerprint density at radius 3 is 3.06 bits per heavy atom. The van der Waals surface area contributed by atoms with Crippen LogP contribution in [0, 0.1) is 0 Å². The van der Waals surface area contributed by atoms with E-state index in [4.69, 9.17) is 0 Å². The summed E-state index contributed by atoms with van der Waals surface area (Å²) in [5.74, 6) is 0.0502. The molecule has 0 bridgehead atoms. The lowest BCUT2D eigenvalue weighted by molar-refractivity contribution is 0.0957. The summed E-state index contributed by atoms with van der Waals surface area (Å²) in [5, 5.41) is 5.02. The summed E-state index contributed by atoms with van der Waals surface area (Å²) in [4.78, 5) is 13.2. The SMILES string of the molecule is CCC(Br)CCNC(=O)c1cc2sccc2s1. The van der Waals surface area contributed by atoms with Crippen LogP contribution in [0.5, 0.6) is 0 Å². The highest BCUT2D eigenvalue weighted by atomic mass is 79.9. The molecule has 2 rings (SSSR count). The average molecular weight is 332 g/mol. The first kappa shape index (κ1) is 13.1. The molecular formula is C12H14BrNOS2. The van der Waals surface area contributed by atoms with Crippen molar-refractivity contribution in [2.75, 3.05) is 6.54 Å². The second-order valence-electron chi connectivity index (χ2n) is 3.81. The van der Waals surface area contributed by atoms with Gasteiger partial charge in [-0.25, -0.2) is 0 Å². The van der Waals surface area contributed by atoms with Crippen LogP contribution >= 0.6 is 38.6 Å². The molecule has 0 aliphatic heterocycles. The molecule has 0 saturated carbocycles. The van der Waals surface area contributed by atoms with E-state index in [1.807, 2.05) is 6.07 Å².